The zero-order valence-corrected chi connectivity index (χ0v) is 12.3. The number of carbonyl (C=O) groups is 1. The lowest BCUT2D eigenvalue weighted by Gasteiger charge is -2.33. The second-order valence-corrected chi connectivity index (χ2v) is 5.50. The highest BCUT2D eigenvalue weighted by Crippen LogP contribution is 2.13. The lowest BCUT2D eigenvalue weighted by molar-refractivity contribution is -0.118. The Morgan fingerprint density at radius 2 is 2.10 bits per heavy atom. The van der Waals surface area contributed by atoms with Gasteiger partial charge in [-0.05, 0) is 24.9 Å². The minimum absolute atomic E-state index is 0.0427. The van der Waals surface area contributed by atoms with E-state index in [-0.39, 0.29) is 5.91 Å². The molecule has 2 N–H and O–H groups in total. The third-order valence-corrected chi connectivity index (χ3v) is 3.69. The molecule has 0 aliphatic carbocycles. The van der Waals surface area contributed by atoms with Gasteiger partial charge in [0.25, 0.3) is 0 Å². The number of hydrogen-bond donors (Lipinski definition) is 2. The van der Waals surface area contributed by atoms with Crippen LogP contribution in [-0.2, 0) is 11.3 Å². The predicted molar refractivity (Wildman–Crippen MR) is 81.4 cm³/mol. The Morgan fingerprint density at radius 1 is 1.30 bits per heavy atom. The Morgan fingerprint density at radius 3 is 2.85 bits per heavy atom. The Bertz CT molecular complexity index is 407. The Hall–Kier alpha value is -1.39. The topological polar surface area (TPSA) is 44.4 Å². The molecule has 0 radical (unpaired) electrons. The standard InChI is InChI=1S/C16H25N3O/c1-14(20)17-9-10-18-16-8-5-11-19(13-16)12-15-6-3-2-4-7-15/h2-4,6-7,16,18H,5,8-13H2,1H3,(H,17,20). The molecule has 110 valence electrons. The van der Waals surface area contributed by atoms with Crippen molar-refractivity contribution in [3.8, 4) is 0 Å². The normalized spacial score (nSPS) is 19.8. The van der Waals surface area contributed by atoms with Crippen LogP contribution in [0.4, 0.5) is 0 Å². The van der Waals surface area contributed by atoms with Crippen molar-refractivity contribution in [3.05, 3.63) is 35.9 Å². The SMILES string of the molecule is CC(=O)NCCNC1CCCN(Cc2ccccc2)C1. The van der Waals surface area contributed by atoms with Crippen molar-refractivity contribution in [2.75, 3.05) is 26.2 Å². The summed E-state index contributed by atoms with van der Waals surface area (Å²) >= 11 is 0. The van der Waals surface area contributed by atoms with Gasteiger partial charge in [0.15, 0.2) is 0 Å². The van der Waals surface area contributed by atoms with Crippen LogP contribution in [-0.4, -0.2) is 43.0 Å². The molecule has 4 nitrogen and oxygen atoms in total. The van der Waals surface area contributed by atoms with Crippen molar-refractivity contribution in [2.45, 2.75) is 32.4 Å². The van der Waals surface area contributed by atoms with Crippen molar-refractivity contribution in [2.24, 2.45) is 0 Å². The predicted octanol–water partition coefficient (Wildman–Crippen LogP) is 1.38. The van der Waals surface area contributed by atoms with E-state index in [0.717, 1.165) is 19.6 Å². The maximum Gasteiger partial charge on any atom is 0.216 e. The van der Waals surface area contributed by atoms with Crippen molar-refractivity contribution in [1.29, 1.82) is 0 Å². The molecular formula is C16H25N3O. The van der Waals surface area contributed by atoms with E-state index in [0.29, 0.717) is 12.6 Å². The first kappa shape index (κ1) is 15.0. The Kier molecular flexibility index (Phi) is 6.02. The van der Waals surface area contributed by atoms with Crippen LogP contribution in [0.25, 0.3) is 0 Å². The van der Waals surface area contributed by atoms with Crippen molar-refractivity contribution in [1.82, 2.24) is 15.5 Å². The molecule has 1 atom stereocenters. The lowest BCUT2D eigenvalue weighted by Crippen LogP contribution is -2.47. The van der Waals surface area contributed by atoms with E-state index in [9.17, 15) is 4.79 Å². The summed E-state index contributed by atoms with van der Waals surface area (Å²) in [5, 5.41) is 6.36. The molecule has 0 aromatic heterocycles. The van der Waals surface area contributed by atoms with Gasteiger partial charge in [-0.1, -0.05) is 30.3 Å². The molecule has 1 amide bonds. The molecule has 0 saturated carbocycles. The molecule has 0 spiro atoms. The fraction of sp³-hybridized carbons (Fsp3) is 0.562. The van der Waals surface area contributed by atoms with E-state index in [1.54, 1.807) is 6.92 Å². The fourth-order valence-electron chi connectivity index (χ4n) is 2.72. The molecule has 1 aliphatic heterocycles. The number of likely N-dealkylation sites (tertiary alicyclic amines) is 1. The first-order valence-corrected chi connectivity index (χ1v) is 7.48. The van der Waals surface area contributed by atoms with Gasteiger partial charge < -0.3 is 10.6 Å². The minimum atomic E-state index is 0.0427. The van der Waals surface area contributed by atoms with Gasteiger partial charge in [-0.15, -0.1) is 0 Å². The van der Waals surface area contributed by atoms with Crippen molar-refractivity contribution < 1.29 is 4.79 Å². The summed E-state index contributed by atoms with van der Waals surface area (Å²) in [5.74, 6) is 0.0427. The maximum atomic E-state index is 10.8. The number of nitrogens with zero attached hydrogens (tertiary/aromatic N) is 1. The number of carbonyl (C=O) groups excluding carboxylic acids is 1. The van der Waals surface area contributed by atoms with Gasteiger partial charge in [-0.2, -0.15) is 0 Å². The van der Waals surface area contributed by atoms with Gasteiger partial charge in [0.2, 0.25) is 5.91 Å². The molecule has 1 heterocycles. The summed E-state index contributed by atoms with van der Waals surface area (Å²) in [6.45, 7) is 6.43. The third-order valence-electron chi connectivity index (χ3n) is 3.69. The van der Waals surface area contributed by atoms with E-state index in [1.807, 2.05) is 0 Å². The second-order valence-electron chi connectivity index (χ2n) is 5.50. The smallest absolute Gasteiger partial charge is 0.216 e. The first-order valence-electron chi connectivity index (χ1n) is 7.48. The first-order chi connectivity index (χ1) is 9.74. The van der Waals surface area contributed by atoms with E-state index in [2.05, 4.69) is 45.9 Å². The van der Waals surface area contributed by atoms with Gasteiger partial charge in [0.05, 0.1) is 0 Å². The van der Waals surface area contributed by atoms with Crippen LogP contribution in [0.5, 0.6) is 0 Å². The number of rotatable bonds is 6. The van der Waals surface area contributed by atoms with Crippen molar-refractivity contribution in [3.63, 3.8) is 0 Å². The third kappa shape index (κ3) is 5.31. The zero-order valence-electron chi connectivity index (χ0n) is 12.3. The van der Waals surface area contributed by atoms with Crippen LogP contribution in [0.1, 0.15) is 25.3 Å². The van der Waals surface area contributed by atoms with Crippen LogP contribution >= 0.6 is 0 Å². The molecule has 1 fully saturated rings. The molecule has 4 heteroatoms. The van der Waals surface area contributed by atoms with E-state index in [4.69, 9.17) is 0 Å². The van der Waals surface area contributed by atoms with Crippen LogP contribution < -0.4 is 10.6 Å². The molecular weight excluding hydrogens is 250 g/mol. The quantitative estimate of drug-likeness (QED) is 0.771. The van der Waals surface area contributed by atoms with Crippen molar-refractivity contribution >= 4 is 5.91 Å². The summed E-state index contributed by atoms with van der Waals surface area (Å²) in [6, 6.07) is 11.2. The highest BCUT2D eigenvalue weighted by atomic mass is 16.1. The molecule has 0 bridgehead atoms. The van der Waals surface area contributed by atoms with Gasteiger partial charge >= 0.3 is 0 Å². The van der Waals surface area contributed by atoms with Crippen LogP contribution in [0.3, 0.4) is 0 Å². The average molecular weight is 275 g/mol. The molecule has 1 saturated heterocycles. The summed E-state index contributed by atoms with van der Waals surface area (Å²) < 4.78 is 0. The van der Waals surface area contributed by atoms with E-state index in [1.165, 1.54) is 24.9 Å². The summed E-state index contributed by atoms with van der Waals surface area (Å²) in [5.41, 5.74) is 1.38. The molecule has 1 unspecified atom stereocenters. The molecule has 1 aliphatic rings. The van der Waals surface area contributed by atoms with Crippen LogP contribution in [0, 0.1) is 0 Å². The van der Waals surface area contributed by atoms with Gasteiger partial charge in [0.1, 0.15) is 0 Å². The van der Waals surface area contributed by atoms with Gasteiger partial charge in [-0.25, -0.2) is 0 Å². The zero-order chi connectivity index (χ0) is 14.2. The molecule has 1 aromatic rings. The van der Waals surface area contributed by atoms with Gasteiger partial charge in [0, 0.05) is 39.1 Å². The summed E-state index contributed by atoms with van der Waals surface area (Å²) in [4.78, 5) is 13.3. The summed E-state index contributed by atoms with van der Waals surface area (Å²) in [7, 11) is 0. The number of hydrogen-bond acceptors (Lipinski definition) is 3. The number of piperidine rings is 1. The Balaban J connectivity index is 1.70. The Labute approximate surface area is 121 Å². The molecule has 2 rings (SSSR count). The largest absolute Gasteiger partial charge is 0.355 e. The lowest BCUT2D eigenvalue weighted by atomic mass is 10.0. The van der Waals surface area contributed by atoms with Crippen LogP contribution in [0.2, 0.25) is 0 Å². The van der Waals surface area contributed by atoms with Gasteiger partial charge in [-0.3, -0.25) is 9.69 Å². The van der Waals surface area contributed by atoms with Crippen LogP contribution in [0.15, 0.2) is 30.3 Å². The van der Waals surface area contributed by atoms with E-state index < -0.39 is 0 Å². The number of benzene rings is 1. The average Bonchev–Trinajstić information content (AvgIpc) is 2.45. The number of nitrogens with one attached hydrogen (secondary N) is 2. The molecule has 20 heavy (non-hydrogen) atoms. The molecule has 1 aromatic carbocycles. The highest BCUT2D eigenvalue weighted by molar-refractivity contribution is 5.72. The minimum Gasteiger partial charge on any atom is -0.355 e. The monoisotopic (exact) mass is 275 g/mol. The summed E-state index contributed by atoms with van der Waals surface area (Å²) in [6.07, 6.45) is 2.47. The number of amides is 1. The second kappa shape index (κ2) is 8.02. The highest BCUT2D eigenvalue weighted by Gasteiger charge is 2.19. The van der Waals surface area contributed by atoms with E-state index >= 15 is 0 Å². The fourth-order valence-corrected chi connectivity index (χ4v) is 2.72. The maximum absolute atomic E-state index is 10.8.